The zero-order valence-electron chi connectivity index (χ0n) is 12.8. The lowest BCUT2D eigenvalue weighted by Gasteiger charge is -2.15. The van der Waals surface area contributed by atoms with Crippen LogP contribution >= 0.6 is 0 Å². The first-order valence-electron chi connectivity index (χ1n) is 7.80. The van der Waals surface area contributed by atoms with E-state index in [1.807, 2.05) is 13.0 Å². The summed E-state index contributed by atoms with van der Waals surface area (Å²) in [6.45, 7) is 5.90. The normalized spacial score (nSPS) is 14.8. The molecule has 3 nitrogen and oxygen atoms in total. The van der Waals surface area contributed by atoms with Crippen LogP contribution in [0.25, 0.3) is 0 Å². The highest BCUT2D eigenvalue weighted by Gasteiger charge is 2.16. The average molecular weight is 285 g/mol. The maximum atomic E-state index is 5.78. The van der Waals surface area contributed by atoms with Crippen LogP contribution in [-0.2, 0) is 12.8 Å². The Kier molecular flexibility index (Phi) is 4.30. The van der Waals surface area contributed by atoms with Crippen molar-refractivity contribution in [2.24, 2.45) is 0 Å². The molecule has 0 saturated heterocycles. The van der Waals surface area contributed by atoms with Crippen molar-refractivity contribution in [1.82, 2.24) is 5.32 Å². The fourth-order valence-electron chi connectivity index (χ4n) is 2.94. The zero-order chi connectivity index (χ0) is 14.7. The lowest BCUT2D eigenvalue weighted by molar-refractivity contribution is 0.356. The summed E-state index contributed by atoms with van der Waals surface area (Å²) in [6, 6.07) is 11.0. The third-order valence-electron chi connectivity index (χ3n) is 4.03. The molecule has 1 atom stereocenters. The number of hydrogen-bond acceptors (Lipinski definition) is 3. The Hall–Kier alpha value is -1.74. The van der Waals surface area contributed by atoms with Crippen LogP contribution in [0.5, 0.6) is 5.75 Å². The van der Waals surface area contributed by atoms with Gasteiger partial charge in [0.05, 0.1) is 12.6 Å². The summed E-state index contributed by atoms with van der Waals surface area (Å²) >= 11 is 0. The largest absolute Gasteiger partial charge is 0.493 e. The van der Waals surface area contributed by atoms with Crippen LogP contribution in [0.2, 0.25) is 0 Å². The fourth-order valence-corrected chi connectivity index (χ4v) is 2.94. The van der Waals surface area contributed by atoms with Crippen molar-refractivity contribution >= 4 is 0 Å². The van der Waals surface area contributed by atoms with Crippen LogP contribution in [0.4, 0.5) is 0 Å². The molecule has 0 amide bonds. The van der Waals surface area contributed by atoms with Gasteiger partial charge in [-0.1, -0.05) is 19.1 Å². The molecule has 21 heavy (non-hydrogen) atoms. The predicted octanol–water partition coefficient (Wildman–Crippen LogP) is 3.81. The Labute approximate surface area is 126 Å². The summed E-state index contributed by atoms with van der Waals surface area (Å²) in [5.74, 6) is 3.07. The van der Waals surface area contributed by atoms with Gasteiger partial charge in [0.25, 0.3) is 0 Å². The Morgan fingerprint density at radius 1 is 1.24 bits per heavy atom. The van der Waals surface area contributed by atoms with Crippen LogP contribution in [0, 0.1) is 6.92 Å². The summed E-state index contributed by atoms with van der Waals surface area (Å²) in [7, 11) is 0. The summed E-state index contributed by atoms with van der Waals surface area (Å²) in [5, 5.41) is 3.52. The summed E-state index contributed by atoms with van der Waals surface area (Å²) < 4.78 is 11.3. The van der Waals surface area contributed by atoms with Crippen molar-refractivity contribution in [3.05, 3.63) is 53.0 Å². The first-order chi connectivity index (χ1) is 10.3. The smallest absolute Gasteiger partial charge is 0.122 e. The molecule has 1 aromatic heterocycles. The van der Waals surface area contributed by atoms with E-state index in [4.69, 9.17) is 9.15 Å². The van der Waals surface area contributed by atoms with Crippen molar-refractivity contribution in [3.63, 3.8) is 0 Å². The van der Waals surface area contributed by atoms with Gasteiger partial charge in [0, 0.05) is 6.42 Å². The predicted molar refractivity (Wildman–Crippen MR) is 83.8 cm³/mol. The summed E-state index contributed by atoms with van der Waals surface area (Å²) in [5.41, 5.74) is 2.73. The second-order valence-electron chi connectivity index (χ2n) is 5.64. The van der Waals surface area contributed by atoms with Gasteiger partial charge < -0.3 is 14.5 Å². The molecule has 112 valence electrons. The minimum absolute atomic E-state index is 0.285. The lowest BCUT2D eigenvalue weighted by atomic mass is 10.0. The molecule has 0 bridgehead atoms. The van der Waals surface area contributed by atoms with Crippen molar-refractivity contribution < 1.29 is 9.15 Å². The Morgan fingerprint density at radius 3 is 2.90 bits per heavy atom. The zero-order valence-corrected chi connectivity index (χ0v) is 12.8. The SMILES string of the molecule is CCNC(CCc1ccc2c(c1)CCO2)c1ccc(C)o1. The van der Waals surface area contributed by atoms with Crippen LogP contribution < -0.4 is 10.1 Å². The number of hydrogen-bond donors (Lipinski definition) is 1. The van der Waals surface area contributed by atoms with Crippen LogP contribution in [0.3, 0.4) is 0 Å². The molecule has 0 spiro atoms. The average Bonchev–Trinajstić information content (AvgIpc) is 3.11. The van der Waals surface area contributed by atoms with Crippen LogP contribution in [0.1, 0.15) is 42.0 Å². The third-order valence-corrected chi connectivity index (χ3v) is 4.03. The lowest BCUT2D eigenvalue weighted by Crippen LogP contribution is -2.21. The topological polar surface area (TPSA) is 34.4 Å². The molecule has 1 aromatic carbocycles. The van der Waals surface area contributed by atoms with E-state index in [9.17, 15) is 0 Å². The van der Waals surface area contributed by atoms with Gasteiger partial charge in [0.15, 0.2) is 0 Å². The molecule has 3 heteroatoms. The first-order valence-corrected chi connectivity index (χ1v) is 7.80. The van der Waals surface area contributed by atoms with Gasteiger partial charge in [-0.15, -0.1) is 0 Å². The Bertz CT molecular complexity index is 603. The molecule has 1 N–H and O–H groups in total. The summed E-state index contributed by atoms with van der Waals surface area (Å²) in [6.07, 6.45) is 3.13. The van der Waals surface area contributed by atoms with Crippen LogP contribution in [-0.4, -0.2) is 13.2 Å². The quantitative estimate of drug-likeness (QED) is 0.876. The van der Waals surface area contributed by atoms with Crippen molar-refractivity contribution in [3.8, 4) is 5.75 Å². The van der Waals surface area contributed by atoms with Crippen molar-refractivity contribution in [2.75, 3.05) is 13.2 Å². The van der Waals surface area contributed by atoms with E-state index in [1.54, 1.807) is 0 Å². The van der Waals surface area contributed by atoms with Gasteiger partial charge in [-0.2, -0.15) is 0 Å². The molecule has 2 heterocycles. The van der Waals surface area contributed by atoms with E-state index in [1.165, 1.54) is 11.1 Å². The minimum atomic E-state index is 0.285. The molecular formula is C18H23NO2. The van der Waals surface area contributed by atoms with Crippen molar-refractivity contribution in [2.45, 2.75) is 39.2 Å². The second-order valence-corrected chi connectivity index (χ2v) is 5.64. The molecular weight excluding hydrogens is 262 g/mol. The molecule has 0 saturated carbocycles. The van der Waals surface area contributed by atoms with E-state index in [0.29, 0.717) is 0 Å². The number of fused-ring (bicyclic) bond motifs is 1. The molecule has 3 rings (SSSR count). The Morgan fingerprint density at radius 2 is 2.14 bits per heavy atom. The fraction of sp³-hybridized carbons (Fsp3) is 0.444. The van der Waals surface area contributed by atoms with Gasteiger partial charge in [-0.25, -0.2) is 0 Å². The first kappa shape index (κ1) is 14.2. The highest BCUT2D eigenvalue weighted by Crippen LogP contribution is 2.27. The maximum absolute atomic E-state index is 5.78. The van der Waals surface area contributed by atoms with Crippen molar-refractivity contribution in [1.29, 1.82) is 0 Å². The van der Waals surface area contributed by atoms with E-state index < -0.39 is 0 Å². The Balaban J connectivity index is 1.66. The number of nitrogens with one attached hydrogen (secondary N) is 1. The monoisotopic (exact) mass is 285 g/mol. The van der Waals surface area contributed by atoms with Gasteiger partial charge in [-0.05, 0) is 55.6 Å². The van der Waals surface area contributed by atoms with E-state index in [2.05, 4.69) is 36.5 Å². The second kappa shape index (κ2) is 6.35. The highest BCUT2D eigenvalue weighted by atomic mass is 16.5. The molecule has 1 aliphatic rings. The van der Waals surface area contributed by atoms with E-state index in [-0.39, 0.29) is 6.04 Å². The highest BCUT2D eigenvalue weighted by molar-refractivity contribution is 5.39. The van der Waals surface area contributed by atoms with Gasteiger partial charge >= 0.3 is 0 Å². The van der Waals surface area contributed by atoms with Gasteiger partial charge in [0.1, 0.15) is 17.3 Å². The minimum Gasteiger partial charge on any atom is -0.493 e. The standard InChI is InChI=1S/C18H23NO2/c1-3-19-16(18-8-4-13(2)21-18)7-5-14-6-9-17-15(12-14)10-11-20-17/h4,6,8-9,12,16,19H,3,5,7,10-11H2,1-2H3. The summed E-state index contributed by atoms with van der Waals surface area (Å²) in [4.78, 5) is 0. The molecule has 0 fully saturated rings. The van der Waals surface area contributed by atoms with Gasteiger partial charge in [-0.3, -0.25) is 0 Å². The number of ether oxygens (including phenoxy) is 1. The molecule has 0 aliphatic carbocycles. The molecule has 1 aliphatic heterocycles. The number of aryl methyl sites for hydroxylation is 2. The van der Waals surface area contributed by atoms with Crippen LogP contribution in [0.15, 0.2) is 34.7 Å². The number of rotatable bonds is 6. The number of benzene rings is 1. The van der Waals surface area contributed by atoms with E-state index >= 15 is 0 Å². The van der Waals surface area contributed by atoms with Gasteiger partial charge in [0.2, 0.25) is 0 Å². The van der Waals surface area contributed by atoms with E-state index in [0.717, 1.165) is 49.7 Å². The number of furan rings is 1. The molecule has 2 aromatic rings. The molecule has 1 unspecified atom stereocenters. The maximum Gasteiger partial charge on any atom is 0.122 e. The molecule has 0 radical (unpaired) electrons. The third kappa shape index (κ3) is 3.30.